The van der Waals surface area contributed by atoms with Gasteiger partial charge in [0.25, 0.3) is 5.56 Å². The summed E-state index contributed by atoms with van der Waals surface area (Å²) < 4.78 is 10.6. The molecule has 0 bridgehead atoms. The van der Waals surface area contributed by atoms with Crippen LogP contribution in [0.2, 0.25) is 0 Å². The lowest BCUT2D eigenvalue weighted by atomic mass is 10.1. The van der Waals surface area contributed by atoms with Crippen LogP contribution in [-0.4, -0.2) is 41.5 Å². The molecular formula is C23H27N3O4. The van der Waals surface area contributed by atoms with E-state index < -0.39 is 0 Å². The number of rotatable bonds is 8. The van der Waals surface area contributed by atoms with Crippen LogP contribution in [0, 0.1) is 5.92 Å². The number of carbonyl (C=O) groups excluding carboxylic acids is 1. The first-order valence-electron chi connectivity index (χ1n) is 9.90. The summed E-state index contributed by atoms with van der Waals surface area (Å²) in [6.45, 7) is 4.46. The number of hydrogen-bond donors (Lipinski definition) is 1. The van der Waals surface area contributed by atoms with Crippen molar-refractivity contribution in [3.05, 3.63) is 64.2 Å². The Kier molecular flexibility index (Phi) is 6.72. The molecule has 0 radical (unpaired) electrons. The summed E-state index contributed by atoms with van der Waals surface area (Å²) in [5.41, 5.74) is 1.44. The number of benzene rings is 2. The van der Waals surface area contributed by atoms with E-state index in [2.05, 4.69) is 9.97 Å². The molecule has 0 fully saturated rings. The number of nitrogens with zero attached hydrogens (tertiary/aromatic N) is 2. The van der Waals surface area contributed by atoms with Crippen molar-refractivity contribution in [3.63, 3.8) is 0 Å². The molecule has 1 amide bonds. The zero-order valence-corrected chi connectivity index (χ0v) is 17.8. The van der Waals surface area contributed by atoms with Gasteiger partial charge < -0.3 is 19.4 Å². The maximum absolute atomic E-state index is 12.8. The monoisotopic (exact) mass is 409 g/mol. The van der Waals surface area contributed by atoms with Gasteiger partial charge in [0.05, 0.1) is 31.7 Å². The van der Waals surface area contributed by atoms with Gasteiger partial charge in [-0.05, 0) is 36.2 Å². The molecule has 30 heavy (non-hydrogen) atoms. The third-order valence-electron chi connectivity index (χ3n) is 4.93. The number of hydrogen-bond acceptors (Lipinski definition) is 5. The molecule has 3 aromatic rings. The first kappa shape index (κ1) is 21.4. The summed E-state index contributed by atoms with van der Waals surface area (Å²) in [5, 5.41) is 0.535. The van der Waals surface area contributed by atoms with Gasteiger partial charge in [-0.25, -0.2) is 4.98 Å². The summed E-state index contributed by atoms with van der Waals surface area (Å²) in [7, 11) is 3.19. The zero-order chi connectivity index (χ0) is 21.7. The summed E-state index contributed by atoms with van der Waals surface area (Å²) in [4.78, 5) is 34.2. The van der Waals surface area contributed by atoms with Crippen molar-refractivity contribution in [3.8, 4) is 11.5 Å². The number of aromatic nitrogens is 2. The number of aromatic amines is 1. The van der Waals surface area contributed by atoms with E-state index >= 15 is 0 Å². The molecule has 0 spiro atoms. The van der Waals surface area contributed by atoms with Gasteiger partial charge in [-0.3, -0.25) is 9.59 Å². The highest BCUT2D eigenvalue weighted by molar-refractivity contribution is 5.79. The van der Waals surface area contributed by atoms with Crippen LogP contribution in [0.25, 0.3) is 10.9 Å². The molecule has 0 unspecified atom stereocenters. The van der Waals surface area contributed by atoms with E-state index in [9.17, 15) is 9.59 Å². The lowest BCUT2D eigenvalue weighted by Crippen LogP contribution is -2.36. The molecule has 0 aliphatic rings. The smallest absolute Gasteiger partial charge is 0.258 e. The average Bonchev–Trinajstić information content (AvgIpc) is 2.75. The van der Waals surface area contributed by atoms with Crippen LogP contribution >= 0.6 is 0 Å². The maximum atomic E-state index is 12.8. The van der Waals surface area contributed by atoms with E-state index in [-0.39, 0.29) is 23.9 Å². The Morgan fingerprint density at radius 1 is 1.10 bits per heavy atom. The predicted molar refractivity (Wildman–Crippen MR) is 116 cm³/mol. The van der Waals surface area contributed by atoms with Gasteiger partial charge >= 0.3 is 0 Å². The van der Waals surface area contributed by atoms with Crippen molar-refractivity contribution in [1.29, 1.82) is 0 Å². The lowest BCUT2D eigenvalue weighted by Gasteiger charge is -2.24. The fourth-order valence-electron chi connectivity index (χ4n) is 3.32. The number of fused-ring (bicyclic) bond motifs is 1. The second kappa shape index (κ2) is 9.43. The minimum Gasteiger partial charge on any atom is -0.493 e. The minimum atomic E-state index is -0.201. The number of ether oxygens (including phenoxy) is 2. The Balaban J connectivity index is 1.82. The van der Waals surface area contributed by atoms with Crippen molar-refractivity contribution in [2.24, 2.45) is 5.92 Å². The Morgan fingerprint density at radius 3 is 2.53 bits per heavy atom. The standard InChI is InChI=1S/C23H27N3O4/c1-15(2)23(28)26(12-11-16-9-10-19(29-3)20(13-16)30-4)14-21-24-18-8-6-5-7-17(18)22(27)25-21/h5-10,13,15H,11-12,14H2,1-4H3,(H,24,25,27). The molecule has 1 N–H and O–H groups in total. The summed E-state index contributed by atoms with van der Waals surface area (Å²) in [6.07, 6.45) is 0.636. The van der Waals surface area contributed by atoms with Crippen LogP contribution in [0.4, 0.5) is 0 Å². The molecule has 0 saturated heterocycles. The van der Waals surface area contributed by atoms with Gasteiger partial charge in [0.15, 0.2) is 11.5 Å². The highest BCUT2D eigenvalue weighted by Gasteiger charge is 2.19. The number of para-hydroxylation sites is 1. The summed E-state index contributed by atoms with van der Waals surface area (Å²) in [6, 6.07) is 12.9. The van der Waals surface area contributed by atoms with Crippen molar-refractivity contribution in [2.45, 2.75) is 26.8 Å². The second-order valence-electron chi connectivity index (χ2n) is 7.38. The van der Waals surface area contributed by atoms with E-state index in [4.69, 9.17) is 9.47 Å². The number of amides is 1. The fourth-order valence-corrected chi connectivity index (χ4v) is 3.32. The van der Waals surface area contributed by atoms with E-state index in [1.54, 1.807) is 37.3 Å². The molecule has 3 rings (SSSR count). The van der Waals surface area contributed by atoms with Crippen molar-refractivity contribution < 1.29 is 14.3 Å². The Morgan fingerprint density at radius 2 is 1.83 bits per heavy atom. The predicted octanol–water partition coefficient (Wildman–Crippen LogP) is 3.17. The molecule has 7 nitrogen and oxygen atoms in total. The van der Waals surface area contributed by atoms with Crippen LogP contribution in [-0.2, 0) is 17.8 Å². The highest BCUT2D eigenvalue weighted by Crippen LogP contribution is 2.27. The van der Waals surface area contributed by atoms with Crippen molar-refractivity contribution in [1.82, 2.24) is 14.9 Å². The SMILES string of the molecule is COc1ccc(CCN(Cc2nc3ccccc3c(=O)[nH]2)C(=O)C(C)C)cc1OC. The minimum absolute atomic E-state index is 0.00582. The molecule has 0 atom stereocenters. The molecular weight excluding hydrogens is 382 g/mol. The van der Waals surface area contributed by atoms with Crippen LogP contribution < -0.4 is 15.0 Å². The third-order valence-corrected chi connectivity index (χ3v) is 4.93. The van der Waals surface area contributed by atoms with Crippen LogP contribution in [0.1, 0.15) is 25.2 Å². The van der Waals surface area contributed by atoms with Gasteiger partial charge in [-0.15, -0.1) is 0 Å². The third kappa shape index (κ3) is 4.79. The van der Waals surface area contributed by atoms with E-state index in [1.807, 2.05) is 38.1 Å². The number of carbonyl (C=O) groups is 1. The Hall–Kier alpha value is -3.35. The van der Waals surface area contributed by atoms with Crippen LogP contribution in [0.3, 0.4) is 0 Å². The molecule has 7 heteroatoms. The molecule has 1 heterocycles. The fraction of sp³-hybridized carbons (Fsp3) is 0.348. The van der Waals surface area contributed by atoms with Crippen molar-refractivity contribution in [2.75, 3.05) is 20.8 Å². The molecule has 0 saturated carbocycles. The Bertz CT molecular complexity index is 1090. The number of nitrogens with one attached hydrogen (secondary N) is 1. The summed E-state index contributed by atoms with van der Waals surface area (Å²) in [5.74, 6) is 1.63. The van der Waals surface area contributed by atoms with E-state index in [0.717, 1.165) is 5.56 Å². The number of methoxy groups -OCH3 is 2. The summed E-state index contributed by atoms with van der Waals surface area (Å²) >= 11 is 0. The average molecular weight is 409 g/mol. The first-order chi connectivity index (χ1) is 14.4. The quantitative estimate of drug-likeness (QED) is 0.618. The molecule has 2 aromatic carbocycles. The zero-order valence-electron chi connectivity index (χ0n) is 17.8. The topological polar surface area (TPSA) is 84.5 Å². The van der Waals surface area contributed by atoms with E-state index in [0.29, 0.717) is 41.2 Å². The Labute approximate surface area is 175 Å². The normalized spacial score (nSPS) is 11.0. The molecule has 1 aromatic heterocycles. The maximum Gasteiger partial charge on any atom is 0.258 e. The number of H-pyrrole nitrogens is 1. The molecule has 0 aliphatic carbocycles. The molecule has 158 valence electrons. The molecule has 0 aliphatic heterocycles. The van der Waals surface area contributed by atoms with Crippen LogP contribution in [0.15, 0.2) is 47.3 Å². The van der Waals surface area contributed by atoms with E-state index in [1.165, 1.54) is 0 Å². The van der Waals surface area contributed by atoms with Gasteiger partial charge in [0, 0.05) is 12.5 Å². The van der Waals surface area contributed by atoms with Gasteiger partial charge in [0.1, 0.15) is 5.82 Å². The second-order valence-corrected chi connectivity index (χ2v) is 7.38. The van der Waals surface area contributed by atoms with Crippen LogP contribution in [0.5, 0.6) is 11.5 Å². The van der Waals surface area contributed by atoms with Crippen molar-refractivity contribution >= 4 is 16.8 Å². The lowest BCUT2D eigenvalue weighted by molar-refractivity contribution is -0.135. The van der Waals surface area contributed by atoms with Gasteiger partial charge in [-0.2, -0.15) is 0 Å². The van der Waals surface area contributed by atoms with Gasteiger partial charge in [0.2, 0.25) is 5.91 Å². The largest absolute Gasteiger partial charge is 0.493 e. The van der Waals surface area contributed by atoms with Gasteiger partial charge in [-0.1, -0.05) is 32.0 Å². The first-order valence-corrected chi connectivity index (χ1v) is 9.90. The highest BCUT2D eigenvalue weighted by atomic mass is 16.5.